The van der Waals surface area contributed by atoms with E-state index >= 15 is 0 Å². The van der Waals surface area contributed by atoms with Crippen molar-refractivity contribution in [2.24, 2.45) is 0 Å². The average Bonchev–Trinajstić information content (AvgIpc) is 2.29. The first-order valence-electron chi connectivity index (χ1n) is 5.73. The van der Waals surface area contributed by atoms with Crippen molar-refractivity contribution in [2.75, 3.05) is 6.54 Å². The van der Waals surface area contributed by atoms with Crippen LogP contribution in [-0.4, -0.2) is 11.5 Å². The fraction of sp³-hybridized carbons (Fsp3) is 0.462. The minimum absolute atomic E-state index is 0.321. The van der Waals surface area contributed by atoms with Gasteiger partial charge in [0.15, 0.2) is 0 Å². The number of nitrogens with one attached hydrogen (secondary N) is 1. The van der Waals surface area contributed by atoms with Crippen molar-refractivity contribution in [3.63, 3.8) is 0 Å². The van der Waals surface area contributed by atoms with Gasteiger partial charge in [-0.05, 0) is 37.9 Å². The second kappa shape index (κ2) is 7.42. The molecule has 0 aliphatic carbocycles. The van der Waals surface area contributed by atoms with E-state index in [1.165, 1.54) is 0 Å². The largest absolute Gasteiger partial charge is 0.309 e. The van der Waals surface area contributed by atoms with Crippen molar-refractivity contribution >= 4 is 11.6 Å². The topological polar surface area (TPSA) is 24.9 Å². The normalized spacial score (nSPS) is 12.4. The Hall–Kier alpha value is -0.860. The van der Waals surface area contributed by atoms with E-state index in [1.807, 2.05) is 18.2 Å². The Labute approximate surface area is 103 Å². The third kappa shape index (κ3) is 4.33. The minimum Gasteiger partial charge on any atom is -0.309 e. The fourth-order valence-electron chi connectivity index (χ4n) is 1.66. The van der Waals surface area contributed by atoms with E-state index in [0.717, 1.165) is 31.5 Å². The molecule has 1 heterocycles. The molecular formula is C13H19ClN2. The number of hydrogen-bond acceptors (Lipinski definition) is 2. The first-order chi connectivity index (χ1) is 7.77. The van der Waals surface area contributed by atoms with Gasteiger partial charge in [-0.25, -0.2) is 0 Å². The molecule has 0 saturated carbocycles. The lowest BCUT2D eigenvalue weighted by Crippen LogP contribution is -2.21. The van der Waals surface area contributed by atoms with Crippen LogP contribution in [0, 0.1) is 0 Å². The SMILES string of the molecule is C=CCCCC(NCC)c1ccc(Cl)cn1. The Morgan fingerprint density at radius 2 is 2.38 bits per heavy atom. The molecule has 1 rings (SSSR count). The maximum Gasteiger partial charge on any atom is 0.0589 e. The Balaban J connectivity index is 2.60. The summed E-state index contributed by atoms with van der Waals surface area (Å²) in [6.45, 7) is 6.79. The molecule has 0 aromatic carbocycles. The van der Waals surface area contributed by atoms with Crippen molar-refractivity contribution < 1.29 is 0 Å². The third-order valence-corrected chi connectivity index (χ3v) is 2.68. The molecule has 0 saturated heterocycles. The van der Waals surface area contributed by atoms with Crippen molar-refractivity contribution in [3.8, 4) is 0 Å². The van der Waals surface area contributed by atoms with E-state index < -0.39 is 0 Å². The zero-order valence-electron chi connectivity index (χ0n) is 9.75. The van der Waals surface area contributed by atoms with Gasteiger partial charge in [-0.1, -0.05) is 24.6 Å². The number of allylic oxidation sites excluding steroid dienone is 1. The predicted octanol–water partition coefficient (Wildman–Crippen LogP) is 3.74. The quantitative estimate of drug-likeness (QED) is 0.578. The smallest absolute Gasteiger partial charge is 0.0589 e. The third-order valence-electron chi connectivity index (χ3n) is 2.46. The maximum atomic E-state index is 5.82. The summed E-state index contributed by atoms with van der Waals surface area (Å²) in [6, 6.07) is 4.20. The summed E-state index contributed by atoms with van der Waals surface area (Å²) in [5.74, 6) is 0. The highest BCUT2D eigenvalue weighted by Crippen LogP contribution is 2.18. The molecule has 0 aliphatic heterocycles. The zero-order chi connectivity index (χ0) is 11.8. The second-order valence-electron chi connectivity index (χ2n) is 3.73. The summed E-state index contributed by atoms with van der Waals surface area (Å²) in [7, 11) is 0. The van der Waals surface area contributed by atoms with E-state index in [9.17, 15) is 0 Å². The van der Waals surface area contributed by atoms with Crippen LogP contribution in [0.5, 0.6) is 0 Å². The number of hydrogen-bond donors (Lipinski definition) is 1. The number of nitrogens with zero attached hydrogens (tertiary/aromatic N) is 1. The van der Waals surface area contributed by atoms with Crippen LogP contribution >= 0.6 is 11.6 Å². The number of halogens is 1. The lowest BCUT2D eigenvalue weighted by molar-refractivity contribution is 0.490. The van der Waals surface area contributed by atoms with Gasteiger partial charge >= 0.3 is 0 Å². The maximum absolute atomic E-state index is 5.82. The highest BCUT2D eigenvalue weighted by Gasteiger charge is 2.10. The summed E-state index contributed by atoms with van der Waals surface area (Å²) in [4.78, 5) is 4.36. The Morgan fingerprint density at radius 3 is 2.94 bits per heavy atom. The highest BCUT2D eigenvalue weighted by molar-refractivity contribution is 6.30. The van der Waals surface area contributed by atoms with E-state index in [4.69, 9.17) is 11.6 Å². The molecule has 1 aromatic rings. The molecule has 1 unspecified atom stereocenters. The van der Waals surface area contributed by atoms with Crippen LogP contribution in [0.15, 0.2) is 31.0 Å². The number of pyridine rings is 1. The monoisotopic (exact) mass is 238 g/mol. The fourth-order valence-corrected chi connectivity index (χ4v) is 1.77. The molecule has 88 valence electrons. The molecule has 1 atom stereocenters. The number of unbranched alkanes of at least 4 members (excludes halogenated alkanes) is 1. The van der Waals surface area contributed by atoms with Crippen LogP contribution < -0.4 is 5.32 Å². The van der Waals surface area contributed by atoms with Crippen LogP contribution in [0.3, 0.4) is 0 Å². The van der Waals surface area contributed by atoms with Gasteiger partial charge in [0.05, 0.1) is 10.7 Å². The predicted molar refractivity (Wildman–Crippen MR) is 69.7 cm³/mol. The van der Waals surface area contributed by atoms with Crippen molar-refractivity contribution in [3.05, 3.63) is 41.7 Å². The van der Waals surface area contributed by atoms with E-state index in [-0.39, 0.29) is 0 Å². The van der Waals surface area contributed by atoms with Crippen LogP contribution in [0.4, 0.5) is 0 Å². The van der Waals surface area contributed by atoms with Gasteiger partial charge in [0.25, 0.3) is 0 Å². The zero-order valence-corrected chi connectivity index (χ0v) is 10.5. The van der Waals surface area contributed by atoms with E-state index in [1.54, 1.807) is 6.20 Å². The summed E-state index contributed by atoms with van der Waals surface area (Å²) < 4.78 is 0. The minimum atomic E-state index is 0.321. The Kier molecular flexibility index (Phi) is 6.12. The molecule has 0 spiro atoms. The van der Waals surface area contributed by atoms with Gasteiger partial charge in [-0.15, -0.1) is 6.58 Å². The molecule has 1 N–H and O–H groups in total. The van der Waals surface area contributed by atoms with Gasteiger partial charge in [0.2, 0.25) is 0 Å². The molecule has 3 heteroatoms. The Bertz CT molecular complexity index is 308. The van der Waals surface area contributed by atoms with Crippen LogP contribution in [-0.2, 0) is 0 Å². The summed E-state index contributed by atoms with van der Waals surface area (Å²) in [6.07, 6.45) is 6.92. The van der Waals surface area contributed by atoms with Crippen LogP contribution in [0.1, 0.15) is 37.9 Å². The van der Waals surface area contributed by atoms with Gasteiger partial charge in [0.1, 0.15) is 0 Å². The van der Waals surface area contributed by atoms with E-state index in [2.05, 4.69) is 23.8 Å². The summed E-state index contributed by atoms with van der Waals surface area (Å²) >= 11 is 5.82. The molecule has 2 nitrogen and oxygen atoms in total. The summed E-state index contributed by atoms with van der Waals surface area (Å²) in [5, 5.41) is 4.12. The molecule has 1 aromatic heterocycles. The van der Waals surface area contributed by atoms with Gasteiger partial charge < -0.3 is 5.32 Å². The number of rotatable bonds is 7. The molecular weight excluding hydrogens is 220 g/mol. The number of aromatic nitrogens is 1. The van der Waals surface area contributed by atoms with Crippen LogP contribution in [0.2, 0.25) is 5.02 Å². The molecule has 0 radical (unpaired) electrons. The van der Waals surface area contributed by atoms with Gasteiger partial charge in [0, 0.05) is 12.2 Å². The Morgan fingerprint density at radius 1 is 1.56 bits per heavy atom. The van der Waals surface area contributed by atoms with Crippen molar-refractivity contribution in [2.45, 2.75) is 32.2 Å². The molecule has 0 aliphatic rings. The standard InChI is InChI=1S/C13H19ClN2/c1-3-5-6-7-12(15-4-2)13-9-8-11(14)10-16-13/h3,8-10,12,15H,1,4-7H2,2H3. The first-order valence-corrected chi connectivity index (χ1v) is 6.11. The second-order valence-corrected chi connectivity index (χ2v) is 4.17. The molecule has 0 bridgehead atoms. The van der Waals surface area contributed by atoms with Crippen LogP contribution in [0.25, 0.3) is 0 Å². The van der Waals surface area contributed by atoms with E-state index in [0.29, 0.717) is 11.1 Å². The summed E-state index contributed by atoms with van der Waals surface area (Å²) in [5.41, 5.74) is 1.07. The highest BCUT2D eigenvalue weighted by atomic mass is 35.5. The molecule has 0 amide bonds. The van der Waals surface area contributed by atoms with Gasteiger partial charge in [-0.2, -0.15) is 0 Å². The lowest BCUT2D eigenvalue weighted by Gasteiger charge is -2.16. The first kappa shape index (κ1) is 13.2. The average molecular weight is 239 g/mol. The van der Waals surface area contributed by atoms with Gasteiger partial charge in [-0.3, -0.25) is 4.98 Å². The lowest BCUT2D eigenvalue weighted by atomic mass is 10.1. The molecule has 0 fully saturated rings. The van der Waals surface area contributed by atoms with Crippen molar-refractivity contribution in [1.82, 2.24) is 10.3 Å². The molecule has 16 heavy (non-hydrogen) atoms. The van der Waals surface area contributed by atoms with Crippen molar-refractivity contribution in [1.29, 1.82) is 0 Å².